The molecule has 128 valence electrons. The molecule has 0 aliphatic heterocycles. The molecule has 0 bridgehead atoms. The number of amides is 3. The Labute approximate surface area is 146 Å². The Morgan fingerprint density at radius 3 is 2.88 bits per heavy atom. The van der Waals surface area contributed by atoms with Crippen LogP contribution in [0.25, 0.3) is 10.2 Å². The van der Waals surface area contributed by atoms with Gasteiger partial charge in [-0.3, -0.25) is 20.2 Å². The highest BCUT2D eigenvalue weighted by molar-refractivity contribution is 8.01. The summed E-state index contributed by atoms with van der Waals surface area (Å²) in [6.07, 6.45) is 0.772. The zero-order valence-corrected chi connectivity index (χ0v) is 14.7. The minimum Gasteiger partial charge on any atom is -0.335 e. The number of carbonyl (C=O) groups is 2. The summed E-state index contributed by atoms with van der Waals surface area (Å²) in [4.78, 5) is 37.9. The molecule has 24 heavy (non-hydrogen) atoms. The molecule has 10 heteroatoms. The topological polar surface area (TPSA) is 114 Å². The second-order valence-corrected chi connectivity index (χ2v) is 7.26. The number of nitro benzene ring substituents is 1. The van der Waals surface area contributed by atoms with Gasteiger partial charge in [0.15, 0.2) is 4.34 Å². The first-order chi connectivity index (χ1) is 11.4. The monoisotopic (exact) mass is 368 g/mol. The van der Waals surface area contributed by atoms with Crippen LogP contribution < -0.4 is 10.6 Å². The molecular weight excluding hydrogens is 352 g/mol. The fourth-order valence-electron chi connectivity index (χ4n) is 1.72. The zero-order chi connectivity index (χ0) is 17.7. The van der Waals surface area contributed by atoms with E-state index in [1.807, 2.05) is 13.8 Å². The number of nitro groups is 1. The van der Waals surface area contributed by atoms with E-state index in [9.17, 15) is 19.7 Å². The van der Waals surface area contributed by atoms with E-state index in [2.05, 4.69) is 15.6 Å². The Balaban J connectivity index is 1.92. The van der Waals surface area contributed by atoms with Crippen molar-refractivity contribution in [1.29, 1.82) is 0 Å². The van der Waals surface area contributed by atoms with Crippen molar-refractivity contribution in [2.75, 3.05) is 5.75 Å². The average Bonchev–Trinajstić information content (AvgIpc) is 2.94. The number of thiazole rings is 1. The van der Waals surface area contributed by atoms with E-state index in [-0.39, 0.29) is 17.5 Å². The van der Waals surface area contributed by atoms with Crippen molar-refractivity contribution in [3.05, 3.63) is 28.3 Å². The molecule has 2 aromatic rings. The van der Waals surface area contributed by atoms with Gasteiger partial charge in [0.25, 0.3) is 5.69 Å². The maximum absolute atomic E-state index is 11.7. The Bertz CT molecular complexity index is 777. The highest BCUT2D eigenvalue weighted by Crippen LogP contribution is 2.31. The molecule has 1 heterocycles. The van der Waals surface area contributed by atoms with Crippen molar-refractivity contribution in [3.63, 3.8) is 0 Å². The molecule has 0 fully saturated rings. The van der Waals surface area contributed by atoms with E-state index in [1.165, 1.54) is 35.2 Å². The van der Waals surface area contributed by atoms with Gasteiger partial charge in [0, 0.05) is 18.2 Å². The van der Waals surface area contributed by atoms with Crippen LogP contribution in [0, 0.1) is 10.1 Å². The highest BCUT2D eigenvalue weighted by Gasteiger charge is 2.13. The fraction of sp³-hybridized carbons (Fsp3) is 0.357. The molecule has 0 aliphatic rings. The minimum atomic E-state index is -0.519. The van der Waals surface area contributed by atoms with Gasteiger partial charge in [-0.1, -0.05) is 18.7 Å². The van der Waals surface area contributed by atoms with Gasteiger partial charge in [0.1, 0.15) is 0 Å². The number of non-ortho nitro benzene ring substituents is 1. The van der Waals surface area contributed by atoms with Crippen LogP contribution >= 0.6 is 23.1 Å². The van der Waals surface area contributed by atoms with Gasteiger partial charge in [0.2, 0.25) is 5.91 Å². The van der Waals surface area contributed by atoms with Crippen molar-refractivity contribution < 1.29 is 14.5 Å². The summed E-state index contributed by atoms with van der Waals surface area (Å²) < 4.78 is 1.30. The number of benzene rings is 1. The lowest BCUT2D eigenvalue weighted by molar-refractivity contribution is -0.384. The average molecular weight is 368 g/mol. The van der Waals surface area contributed by atoms with E-state index in [1.54, 1.807) is 6.07 Å². The number of carbonyl (C=O) groups excluding carboxylic acids is 2. The number of nitrogens with one attached hydrogen (secondary N) is 2. The summed E-state index contributed by atoms with van der Waals surface area (Å²) in [5.74, 6) is -0.387. The molecule has 0 unspecified atom stereocenters. The van der Waals surface area contributed by atoms with Crippen LogP contribution in [-0.2, 0) is 4.79 Å². The van der Waals surface area contributed by atoms with Gasteiger partial charge in [0.05, 0.1) is 20.9 Å². The van der Waals surface area contributed by atoms with Gasteiger partial charge in [-0.2, -0.15) is 0 Å². The molecule has 0 saturated carbocycles. The van der Waals surface area contributed by atoms with Crippen molar-refractivity contribution in [1.82, 2.24) is 15.6 Å². The molecule has 8 nitrogen and oxygen atoms in total. The lowest BCUT2D eigenvalue weighted by Crippen LogP contribution is -2.43. The molecular formula is C14H16N4O4S2. The van der Waals surface area contributed by atoms with Gasteiger partial charge in [-0.25, -0.2) is 9.78 Å². The van der Waals surface area contributed by atoms with Gasteiger partial charge in [-0.05, 0) is 19.4 Å². The van der Waals surface area contributed by atoms with Crippen molar-refractivity contribution >= 4 is 50.9 Å². The number of nitrogens with zero attached hydrogens (tertiary/aromatic N) is 2. The molecule has 3 amide bonds. The molecule has 0 spiro atoms. The second-order valence-electron chi connectivity index (χ2n) is 5.01. The Hall–Kier alpha value is -2.20. The minimum absolute atomic E-state index is 0.00200. The second kappa shape index (κ2) is 8.06. The van der Waals surface area contributed by atoms with Gasteiger partial charge < -0.3 is 5.32 Å². The summed E-state index contributed by atoms with van der Waals surface area (Å²) in [5, 5.41) is 15.7. The Kier molecular flexibility index (Phi) is 6.10. The molecule has 0 radical (unpaired) electrons. The number of fused-ring (bicyclic) bond motifs is 1. The molecule has 1 aromatic heterocycles. The number of hydrogen-bond donors (Lipinski definition) is 2. The predicted molar refractivity (Wildman–Crippen MR) is 93.4 cm³/mol. The summed E-state index contributed by atoms with van der Waals surface area (Å²) in [7, 11) is 0. The van der Waals surface area contributed by atoms with Crippen LogP contribution in [-0.4, -0.2) is 33.6 Å². The molecule has 0 saturated heterocycles. The SMILES string of the molecule is CC[C@@H](C)NC(=O)NC(=O)CSc1nc2ccc([N+](=O)[O-])cc2s1. The number of aromatic nitrogens is 1. The van der Waals surface area contributed by atoms with Crippen LogP contribution in [0.15, 0.2) is 22.5 Å². The Morgan fingerprint density at radius 2 is 2.21 bits per heavy atom. The quantitative estimate of drug-likeness (QED) is 0.460. The van der Waals surface area contributed by atoms with Crippen LogP contribution in [0.2, 0.25) is 0 Å². The van der Waals surface area contributed by atoms with Crippen LogP contribution in [0.5, 0.6) is 0 Å². The number of thioether (sulfide) groups is 1. The van der Waals surface area contributed by atoms with E-state index < -0.39 is 16.9 Å². The summed E-state index contributed by atoms with van der Waals surface area (Å²) in [6.45, 7) is 3.78. The summed E-state index contributed by atoms with van der Waals surface area (Å²) >= 11 is 2.45. The maximum Gasteiger partial charge on any atom is 0.321 e. The number of imide groups is 1. The molecule has 1 aromatic carbocycles. The van der Waals surface area contributed by atoms with E-state index in [0.717, 1.165) is 6.42 Å². The van der Waals surface area contributed by atoms with Crippen LogP contribution in [0.4, 0.5) is 10.5 Å². The first-order valence-electron chi connectivity index (χ1n) is 7.17. The predicted octanol–water partition coefficient (Wildman–Crippen LogP) is 2.92. The molecule has 1 atom stereocenters. The first-order valence-corrected chi connectivity index (χ1v) is 8.97. The molecule has 2 rings (SSSR count). The highest BCUT2D eigenvalue weighted by atomic mass is 32.2. The van der Waals surface area contributed by atoms with Crippen molar-refractivity contribution in [2.45, 2.75) is 30.6 Å². The van der Waals surface area contributed by atoms with Gasteiger partial charge >= 0.3 is 6.03 Å². The number of rotatable bonds is 6. The van der Waals surface area contributed by atoms with Crippen molar-refractivity contribution in [2.24, 2.45) is 0 Å². The van der Waals surface area contributed by atoms with Gasteiger partial charge in [-0.15, -0.1) is 11.3 Å². The lowest BCUT2D eigenvalue weighted by atomic mass is 10.3. The molecule has 0 aliphatic carbocycles. The summed E-state index contributed by atoms with van der Waals surface area (Å²) in [5.41, 5.74) is 0.644. The third-order valence-corrected chi connectivity index (χ3v) is 5.29. The zero-order valence-electron chi connectivity index (χ0n) is 13.1. The lowest BCUT2D eigenvalue weighted by Gasteiger charge is -2.11. The van der Waals surface area contributed by atoms with E-state index in [0.29, 0.717) is 14.6 Å². The fourth-order valence-corrected chi connectivity index (χ4v) is 3.62. The number of hydrogen-bond acceptors (Lipinski definition) is 7. The van der Waals surface area contributed by atoms with E-state index >= 15 is 0 Å². The normalized spacial score (nSPS) is 11.9. The van der Waals surface area contributed by atoms with Crippen LogP contribution in [0.3, 0.4) is 0 Å². The largest absolute Gasteiger partial charge is 0.335 e. The Morgan fingerprint density at radius 1 is 1.46 bits per heavy atom. The van der Waals surface area contributed by atoms with Crippen molar-refractivity contribution in [3.8, 4) is 0 Å². The number of urea groups is 1. The van der Waals surface area contributed by atoms with E-state index in [4.69, 9.17) is 0 Å². The maximum atomic E-state index is 11.7. The smallest absolute Gasteiger partial charge is 0.321 e. The molecule has 2 N–H and O–H groups in total. The van der Waals surface area contributed by atoms with Crippen LogP contribution in [0.1, 0.15) is 20.3 Å². The summed E-state index contributed by atoms with van der Waals surface area (Å²) in [6, 6.07) is 3.90. The third kappa shape index (κ3) is 4.90. The third-order valence-electron chi connectivity index (χ3n) is 3.13. The first kappa shape index (κ1) is 18.1. The standard InChI is InChI=1S/C14H16N4O4S2/c1-3-8(2)15-13(20)17-12(19)7-23-14-16-10-5-4-9(18(21)22)6-11(10)24-14/h4-6,8H,3,7H2,1-2H3,(H2,15,17,19,20)/t8-/m1/s1.